The molecular formula is C16H23NO. The normalized spacial score (nSPS) is 23.4. The van der Waals surface area contributed by atoms with Crippen LogP contribution < -0.4 is 5.73 Å². The van der Waals surface area contributed by atoms with Crippen molar-refractivity contribution in [2.24, 2.45) is 5.73 Å². The molecule has 0 aliphatic heterocycles. The van der Waals surface area contributed by atoms with Gasteiger partial charge < -0.3 is 10.5 Å². The first kappa shape index (κ1) is 12.2. The molecule has 0 amide bonds. The molecule has 2 nitrogen and oxygen atoms in total. The van der Waals surface area contributed by atoms with Gasteiger partial charge in [0.1, 0.15) is 0 Å². The van der Waals surface area contributed by atoms with Gasteiger partial charge in [-0.2, -0.15) is 0 Å². The van der Waals surface area contributed by atoms with Gasteiger partial charge in [0.25, 0.3) is 0 Å². The van der Waals surface area contributed by atoms with Crippen LogP contribution in [0.4, 0.5) is 0 Å². The van der Waals surface area contributed by atoms with Gasteiger partial charge in [0.2, 0.25) is 0 Å². The summed E-state index contributed by atoms with van der Waals surface area (Å²) >= 11 is 0. The van der Waals surface area contributed by atoms with E-state index in [2.05, 4.69) is 24.3 Å². The highest BCUT2D eigenvalue weighted by molar-refractivity contribution is 5.39. The molecule has 0 atom stereocenters. The third-order valence-corrected chi connectivity index (χ3v) is 5.06. The van der Waals surface area contributed by atoms with E-state index in [0.717, 1.165) is 13.2 Å². The predicted octanol–water partition coefficient (Wildman–Crippen LogP) is 2.75. The van der Waals surface area contributed by atoms with Crippen LogP contribution in [0.3, 0.4) is 0 Å². The predicted molar refractivity (Wildman–Crippen MR) is 73.8 cm³/mol. The summed E-state index contributed by atoms with van der Waals surface area (Å²) in [6.45, 7) is 1.64. The lowest BCUT2D eigenvalue weighted by atomic mass is 9.64. The van der Waals surface area contributed by atoms with Crippen LogP contribution in [0.5, 0.6) is 0 Å². The third-order valence-electron chi connectivity index (χ3n) is 5.06. The molecule has 18 heavy (non-hydrogen) atoms. The van der Waals surface area contributed by atoms with E-state index in [1.807, 2.05) is 0 Å². The van der Waals surface area contributed by atoms with Gasteiger partial charge >= 0.3 is 0 Å². The monoisotopic (exact) mass is 245 g/mol. The Labute approximate surface area is 110 Å². The Hall–Kier alpha value is -0.860. The molecule has 2 N–H and O–H groups in total. The van der Waals surface area contributed by atoms with Crippen molar-refractivity contribution in [3.63, 3.8) is 0 Å². The molecule has 0 unspecified atom stereocenters. The Bertz CT molecular complexity index is 427. The second kappa shape index (κ2) is 4.36. The summed E-state index contributed by atoms with van der Waals surface area (Å²) in [7, 11) is 1.80. The smallest absolute Gasteiger partial charge is 0.0559 e. The van der Waals surface area contributed by atoms with Gasteiger partial charge in [-0.1, -0.05) is 30.7 Å². The Morgan fingerprint density at radius 1 is 1.11 bits per heavy atom. The molecule has 1 aromatic carbocycles. The van der Waals surface area contributed by atoms with Gasteiger partial charge in [-0.25, -0.2) is 0 Å². The summed E-state index contributed by atoms with van der Waals surface area (Å²) in [5.74, 6) is 0. The molecule has 0 aromatic heterocycles. The molecule has 2 fully saturated rings. The topological polar surface area (TPSA) is 35.2 Å². The van der Waals surface area contributed by atoms with Crippen LogP contribution in [0.1, 0.15) is 43.2 Å². The van der Waals surface area contributed by atoms with Crippen molar-refractivity contribution in [1.29, 1.82) is 0 Å². The number of nitrogens with two attached hydrogens (primary N) is 1. The highest BCUT2D eigenvalue weighted by Crippen LogP contribution is 2.50. The number of benzene rings is 1. The summed E-state index contributed by atoms with van der Waals surface area (Å²) in [4.78, 5) is 0. The van der Waals surface area contributed by atoms with E-state index in [1.54, 1.807) is 7.11 Å². The summed E-state index contributed by atoms with van der Waals surface area (Å²) in [5.41, 5.74) is 9.51. The highest BCUT2D eigenvalue weighted by Gasteiger charge is 2.45. The maximum atomic E-state index is 6.01. The molecule has 2 saturated carbocycles. The molecule has 2 aliphatic rings. The lowest BCUT2D eigenvalue weighted by Crippen LogP contribution is -2.41. The van der Waals surface area contributed by atoms with Gasteiger partial charge in [0.05, 0.1) is 6.61 Å². The quantitative estimate of drug-likeness (QED) is 0.865. The van der Waals surface area contributed by atoms with Crippen molar-refractivity contribution in [1.82, 2.24) is 0 Å². The van der Waals surface area contributed by atoms with E-state index >= 15 is 0 Å². The lowest BCUT2D eigenvalue weighted by molar-refractivity contribution is 0.171. The number of ether oxygens (including phenoxy) is 1. The average Bonchev–Trinajstić information content (AvgIpc) is 3.11. The first-order chi connectivity index (χ1) is 8.75. The van der Waals surface area contributed by atoms with E-state index in [-0.39, 0.29) is 5.41 Å². The largest absolute Gasteiger partial charge is 0.384 e. The average molecular weight is 245 g/mol. The summed E-state index contributed by atoms with van der Waals surface area (Å²) in [5, 5.41) is 0. The van der Waals surface area contributed by atoms with Crippen molar-refractivity contribution in [2.45, 2.75) is 42.9 Å². The zero-order valence-electron chi connectivity index (χ0n) is 11.2. The molecule has 2 aliphatic carbocycles. The molecular weight excluding hydrogens is 222 g/mol. The minimum atomic E-state index is 0.277. The van der Waals surface area contributed by atoms with Crippen molar-refractivity contribution in [3.05, 3.63) is 35.4 Å². The van der Waals surface area contributed by atoms with Crippen molar-refractivity contribution in [2.75, 3.05) is 20.3 Å². The van der Waals surface area contributed by atoms with Crippen LogP contribution in [-0.2, 0) is 15.6 Å². The second-order valence-electron chi connectivity index (χ2n) is 6.13. The second-order valence-corrected chi connectivity index (χ2v) is 6.13. The van der Waals surface area contributed by atoms with Crippen LogP contribution in [0, 0.1) is 0 Å². The Kier molecular flexibility index (Phi) is 2.95. The molecule has 0 bridgehead atoms. The highest BCUT2D eigenvalue weighted by atomic mass is 16.5. The Morgan fingerprint density at radius 3 is 2.22 bits per heavy atom. The molecule has 98 valence electrons. The first-order valence-corrected chi connectivity index (χ1v) is 7.05. The SMILES string of the molecule is COCC1(c2cccc(C3(CN)CCC3)c2)CC1. The summed E-state index contributed by atoms with van der Waals surface area (Å²) in [6, 6.07) is 9.13. The number of methoxy groups -OCH3 is 1. The van der Waals surface area contributed by atoms with Crippen molar-refractivity contribution < 1.29 is 4.74 Å². The van der Waals surface area contributed by atoms with Crippen LogP contribution in [-0.4, -0.2) is 20.3 Å². The molecule has 0 heterocycles. The standard InChI is InChI=1S/C16H23NO/c1-18-12-16(8-9-16)14-5-2-4-13(10-14)15(11-17)6-3-7-15/h2,4-5,10H,3,6-9,11-12,17H2,1H3. The molecule has 0 radical (unpaired) electrons. The lowest BCUT2D eigenvalue weighted by Gasteiger charge is -2.42. The van der Waals surface area contributed by atoms with Crippen molar-refractivity contribution >= 4 is 0 Å². The zero-order valence-corrected chi connectivity index (χ0v) is 11.2. The third kappa shape index (κ3) is 1.79. The molecule has 1 aromatic rings. The molecule has 3 rings (SSSR count). The fourth-order valence-corrected chi connectivity index (χ4v) is 3.34. The zero-order chi connectivity index (χ0) is 12.6. The van der Waals surface area contributed by atoms with Crippen LogP contribution in [0.25, 0.3) is 0 Å². The number of rotatable bonds is 5. The van der Waals surface area contributed by atoms with Gasteiger partial charge in [0.15, 0.2) is 0 Å². The van der Waals surface area contributed by atoms with Crippen LogP contribution in [0.15, 0.2) is 24.3 Å². The number of hydrogen-bond acceptors (Lipinski definition) is 2. The van der Waals surface area contributed by atoms with Gasteiger partial charge in [-0.15, -0.1) is 0 Å². The molecule has 0 saturated heterocycles. The Morgan fingerprint density at radius 2 is 1.78 bits per heavy atom. The minimum absolute atomic E-state index is 0.277. The van der Waals surface area contributed by atoms with E-state index in [4.69, 9.17) is 10.5 Å². The van der Waals surface area contributed by atoms with Gasteiger partial charge in [-0.05, 0) is 36.8 Å². The molecule has 0 spiro atoms. The minimum Gasteiger partial charge on any atom is -0.384 e. The van der Waals surface area contributed by atoms with Crippen LogP contribution in [0.2, 0.25) is 0 Å². The fourth-order valence-electron chi connectivity index (χ4n) is 3.34. The summed E-state index contributed by atoms with van der Waals surface area (Å²) in [6.07, 6.45) is 6.36. The van der Waals surface area contributed by atoms with E-state index in [9.17, 15) is 0 Å². The number of hydrogen-bond donors (Lipinski definition) is 1. The maximum absolute atomic E-state index is 6.01. The van der Waals surface area contributed by atoms with Gasteiger partial charge in [0, 0.05) is 24.5 Å². The van der Waals surface area contributed by atoms with Crippen LogP contribution >= 0.6 is 0 Å². The fraction of sp³-hybridized carbons (Fsp3) is 0.625. The van der Waals surface area contributed by atoms with Crippen molar-refractivity contribution in [3.8, 4) is 0 Å². The van der Waals surface area contributed by atoms with E-state index in [1.165, 1.54) is 43.2 Å². The summed E-state index contributed by atoms with van der Waals surface area (Å²) < 4.78 is 5.39. The van der Waals surface area contributed by atoms with Gasteiger partial charge in [-0.3, -0.25) is 0 Å². The maximum Gasteiger partial charge on any atom is 0.0559 e. The molecule has 2 heteroatoms. The van der Waals surface area contributed by atoms with E-state index < -0.39 is 0 Å². The first-order valence-electron chi connectivity index (χ1n) is 7.05. The van der Waals surface area contributed by atoms with E-state index in [0.29, 0.717) is 5.41 Å². The Balaban J connectivity index is 1.90.